The Hall–Kier alpha value is -3.71. The Labute approximate surface area is 329 Å². The van der Waals surface area contributed by atoms with Crippen LogP contribution in [-0.2, 0) is 19.1 Å². The lowest BCUT2D eigenvalue weighted by molar-refractivity contribution is -0.147. The predicted octanol–water partition coefficient (Wildman–Crippen LogP) is 11.9. The van der Waals surface area contributed by atoms with Crippen molar-refractivity contribution in [3.63, 3.8) is 0 Å². The summed E-state index contributed by atoms with van der Waals surface area (Å²) in [6.07, 6.45) is 54.6. The van der Waals surface area contributed by atoms with E-state index in [0.717, 1.165) is 116 Å². The minimum atomic E-state index is -1.02. The number of carboxylic acids is 1. The molecule has 0 aliphatic carbocycles. The Morgan fingerprint density at radius 3 is 1.56 bits per heavy atom. The van der Waals surface area contributed by atoms with Crippen molar-refractivity contribution >= 4 is 17.8 Å². The van der Waals surface area contributed by atoms with Crippen molar-refractivity contribution in [3.05, 3.63) is 97.2 Å². The third-order valence-electron chi connectivity index (χ3n) is 8.63. The number of nitrogens with two attached hydrogens (primary N) is 1. The topological polar surface area (TPSA) is 119 Å². The van der Waals surface area contributed by atoms with Gasteiger partial charge in [0.25, 0.3) is 0 Å². The maximum Gasteiger partial charge on any atom is 0.326 e. The average molecular weight is 749 g/mol. The summed E-state index contributed by atoms with van der Waals surface area (Å²) in [5, 5.41) is 11.9. The van der Waals surface area contributed by atoms with E-state index in [0.29, 0.717) is 38.6 Å². The molecule has 0 aromatic rings. The molecule has 4 N–H and O–H groups in total. The first-order valence-electron chi connectivity index (χ1n) is 21.1. The highest BCUT2D eigenvalue weighted by molar-refractivity contribution is 5.83. The quantitative estimate of drug-likeness (QED) is 0.0333. The molecule has 0 saturated carbocycles. The Bertz CT molecular complexity index is 1160. The zero-order valence-corrected chi connectivity index (χ0v) is 34.0. The van der Waals surface area contributed by atoms with E-state index in [1.807, 2.05) is 6.08 Å². The van der Waals surface area contributed by atoms with Gasteiger partial charge in [0.05, 0.1) is 0 Å². The zero-order valence-electron chi connectivity index (χ0n) is 34.0. The molecule has 0 spiro atoms. The number of carbonyl (C=O) groups is 3. The monoisotopic (exact) mass is 749 g/mol. The smallest absolute Gasteiger partial charge is 0.326 e. The fourth-order valence-corrected chi connectivity index (χ4v) is 5.53. The Balaban J connectivity index is 4.50. The largest absolute Gasteiger partial charge is 0.480 e. The molecule has 7 nitrogen and oxygen atoms in total. The number of aliphatic carboxylic acids is 1. The van der Waals surface area contributed by atoms with Gasteiger partial charge in [-0.1, -0.05) is 137 Å². The van der Waals surface area contributed by atoms with Crippen LogP contribution >= 0.6 is 0 Å². The number of amides is 1. The second-order valence-electron chi connectivity index (χ2n) is 13.6. The molecule has 0 aliphatic rings. The summed E-state index contributed by atoms with van der Waals surface area (Å²) in [6.45, 7) is 4.69. The molecule has 0 aliphatic heterocycles. The summed E-state index contributed by atoms with van der Waals surface area (Å²) in [7, 11) is 0. The minimum absolute atomic E-state index is 0.126. The van der Waals surface area contributed by atoms with Gasteiger partial charge in [0.1, 0.15) is 12.1 Å². The third-order valence-corrected chi connectivity index (χ3v) is 8.63. The number of hydrogen-bond acceptors (Lipinski definition) is 5. The Morgan fingerprint density at radius 1 is 0.556 bits per heavy atom. The first-order chi connectivity index (χ1) is 26.4. The molecule has 2 unspecified atom stereocenters. The van der Waals surface area contributed by atoms with E-state index in [9.17, 15) is 19.5 Å². The lowest BCUT2D eigenvalue weighted by atomic mass is 10.1. The number of carboxylic acid groups (broad SMARTS) is 1. The number of carbonyl (C=O) groups excluding carboxylic acids is 2. The van der Waals surface area contributed by atoms with Crippen LogP contribution in [-0.4, -0.2) is 41.6 Å². The summed E-state index contributed by atoms with van der Waals surface area (Å²) in [5.74, 6) is -1.37. The number of nitrogens with one attached hydrogen (secondary N) is 1. The normalized spacial score (nSPS) is 13.7. The standard InChI is InChI=1S/C47H76N2O5/c1-3-5-7-9-11-13-15-16-17-18-19-20-22-24-26-31-35-41-46(51)54-43(37-32-28-25-23-21-14-12-10-8-6-4-2)38-33-29-27-30-34-40-45(50)49-44(47(52)53)39-36-42-48/h5-8,11-14,16-17,19-20,23,25,32,37,43-44H,3-4,9-10,15,18,21-22,24,26-31,33-36,38-42,48H2,1-2H3,(H,49,50)(H,52,53)/b7-5-,8-6-,13-11-,14-12-,17-16-,20-19-,25-23-,37-32-. The molecule has 0 fully saturated rings. The van der Waals surface area contributed by atoms with Gasteiger partial charge in [-0.05, 0) is 115 Å². The van der Waals surface area contributed by atoms with E-state index >= 15 is 0 Å². The van der Waals surface area contributed by atoms with E-state index in [1.54, 1.807) is 0 Å². The van der Waals surface area contributed by atoms with Crippen LogP contribution < -0.4 is 11.1 Å². The molecule has 0 heterocycles. The van der Waals surface area contributed by atoms with Crippen molar-refractivity contribution < 1.29 is 24.2 Å². The number of rotatable bonds is 36. The SMILES string of the molecule is CC/C=C\C/C=C\C/C=C\C/C=C\CCCCCCC(=O)OC(/C=C\C/C=C\C/C=C\C/C=C\CC)CCCCCCCC(=O)NC(CCCN)C(=O)O. The molecule has 0 radical (unpaired) electrons. The second kappa shape index (κ2) is 40.5. The highest BCUT2D eigenvalue weighted by atomic mass is 16.5. The van der Waals surface area contributed by atoms with E-state index in [2.05, 4.69) is 110 Å². The molecular weight excluding hydrogens is 673 g/mol. The van der Waals surface area contributed by atoms with Crippen LogP contribution in [0.3, 0.4) is 0 Å². The Morgan fingerprint density at radius 2 is 1.02 bits per heavy atom. The lowest BCUT2D eigenvalue weighted by Crippen LogP contribution is -2.40. The van der Waals surface area contributed by atoms with Gasteiger partial charge in [-0.3, -0.25) is 9.59 Å². The second-order valence-corrected chi connectivity index (χ2v) is 13.6. The number of ether oxygens (including phenoxy) is 1. The molecule has 2 atom stereocenters. The average Bonchev–Trinajstić information content (AvgIpc) is 3.16. The lowest BCUT2D eigenvalue weighted by Gasteiger charge is -2.15. The Kier molecular flexibility index (Phi) is 37.7. The first-order valence-corrected chi connectivity index (χ1v) is 21.1. The number of hydrogen-bond donors (Lipinski definition) is 3. The number of unbranched alkanes of at least 4 members (excludes halogenated alkanes) is 8. The van der Waals surface area contributed by atoms with Gasteiger partial charge in [-0.2, -0.15) is 0 Å². The van der Waals surface area contributed by atoms with Crippen LogP contribution in [0.25, 0.3) is 0 Å². The van der Waals surface area contributed by atoms with Crippen molar-refractivity contribution in [2.75, 3.05) is 6.54 Å². The summed E-state index contributed by atoms with van der Waals surface area (Å²) in [6, 6.07) is -0.874. The predicted molar refractivity (Wildman–Crippen MR) is 229 cm³/mol. The third kappa shape index (κ3) is 36.6. The highest BCUT2D eigenvalue weighted by Gasteiger charge is 2.18. The van der Waals surface area contributed by atoms with Crippen LogP contribution in [0.5, 0.6) is 0 Å². The van der Waals surface area contributed by atoms with Gasteiger partial charge in [0.15, 0.2) is 0 Å². The van der Waals surface area contributed by atoms with Crippen molar-refractivity contribution in [2.45, 2.75) is 174 Å². The number of esters is 1. The van der Waals surface area contributed by atoms with Gasteiger partial charge in [-0.15, -0.1) is 0 Å². The molecule has 0 bridgehead atoms. The molecule has 0 saturated heterocycles. The van der Waals surface area contributed by atoms with Crippen LogP contribution in [0.15, 0.2) is 97.2 Å². The molecular formula is C47H76N2O5. The maximum absolute atomic E-state index is 12.7. The molecule has 0 rings (SSSR count). The zero-order chi connectivity index (χ0) is 39.6. The number of allylic oxidation sites excluding steroid dienone is 15. The van der Waals surface area contributed by atoms with E-state index < -0.39 is 12.0 Å². The fraction of sp³-hybridized carbons (Fsp3) is 0.596. The minimum Gasteiger partial charge on any atom is -0.480 e. The fourth-order valence-electron chi connectivity index (χ4n) is 5.53. The van der Waals surface area contributed by atoms with Gasteiger partial charge >= 0.3 is 11.9 Å². The van der Waals surface area contributed by atoms with Crippen LogP contribution in [0.2, 0.25) is 0 Å². The van der Waals surface area contributed by atoms with Crippen molar-refractivity contribution in [3.8, 4) is 0 Å². The van der Waals surface area contributed by atoms with Crippen LogP contribution in [0, 0.1) is 0 Å². The summed E-state index contributed by atoms with van der Waals surface area (Å²) in [5.41, 5.74) is 5.48. The van der Waals surface area contributed by atoms with E-state index in [4.69, 9.17) is 10.5 Å². The first kappa shape index (κ1) is 50.3. The summed E-state index contributed by atoms with van der Waals surface area (Å²) >= 11 is 0. The van der Waals surface area contributed by atoms with E-state index in [-0.39, 0.29) is 18.0 Å². The molecule has 0 aromatic carbocycles. The van der Waals surface area contributed by atoms with Gasteiger partial charge in [0.2, 0.25) is 5.91 Å². The summed E-state index contributed by atoms with van der Waals surface area (Å²) < 4.78 is 5.91. The van der Waals surface area contributed by atoms with Gasteiger partial charge in [-0.25, -0.2) is 4.79 Å². The van der Waals surface area contributed by atoms with E-state index in [1.165, 1.54) is 0 Å². The molecule has 54 heavy (non-hydrogen) atoms. The molecule has 304 valence electrons. The van der Waals surface area contributed by atoms with Crippen molar-refractivity contribution in [2.24, 2.45) is 5.73 Å². The maximum atomic E-state index is 12.7. The van der Waals surface area contributed by atoms with Gasteiger partial charge in [0, 0.05) is 12.8 Å². The van der Waals surface area contributed by atoms with Crippen molar-refractivity contribution in [1.82, 2.24) is 5.32 Å². The van der Waals surface area contributed by atoms with Gasteiger partial charge < -0.3 is 20.9 Å². The molecule has 0 aromatic heterocycles. The van der Waals surface area contributed by atoms with Crippen LogP contribution in [0.4, 0.5) is 0 Å². The highest BCUT2D eigenvalue weighted by Crippen LogP contribution is 2.15. The summed E-state index contributed by atoms with van der Waals surface area (Å²) in [4.78, 5) is 36.3. The molecule has 7 heteroatoms. The van der Waals surface area contributed by atoms with Crippen LogP contribution in [0.1, 0.15) is 162 Å². The molecule has 1 amide bonds. The van der Waals surface area contributed by atoms with Crippen molar-refractivity contribution in [1.29, 1.82) is 0 Å².